The smallest absolute Gasteiger partial charge is 0.318 e. The minimum absolute atomic E-state index is 0.00448. The number of benzene rings is 5. The van der Waals surface area contributed by atoms with Crippen LogP contribution in [0.15, 0.2) is 135 Å². The number of carbonyl (C=O) groups excluding carboxylic acids is 2. The van der Waals surface area contributed by atoms with Crippen LogP contribution in [0.25, 0.3) is 32.3 Å². The Hall–Kier alpha value is -11.1. The average molecular weight is 1720 g/mol. The lowest BCUT2D eigenvalue weighted by Gasteiger charge is -2.54. The number of nitriles is 2. The molecule has 14 heterocycles. The number of fused-ring (bicyclic) bond motifs is 6. The molecule has 19 rings (SSSR count). The molecule has 28 nitrogen and oxygen atoms in total. The summed E-state index contributed by atoms with van der Waals surface area (Å²) in [7, 11) is 2.67. The van der Waals surface area contributed by atoms with E-state index in [-0.39, 0.29) is 123 Å². The molecule has 0 saturated carbocycles. The molecule has 5 unspecified atom stereocenters. The van der Waals surface area contributed by atoms with E-state index in [0.717, 1.165) is 184 Å². The van der Waals surface area contributed by atoms with Crippen molar-refractivity contribution < 1.29 is 46.4 Å². The molecule has 2 amide bonds. The fraction of sp³-hybridized carbons (Fsp3) is 0.474. The lowest BCUT2D eigenvalue weighted by molar-refractivity contribution is -0.139. The molecule has 10 aliphatic heterocycles. The van der Waals surface area contributed by atoms with Gasteiger partial charge < -0.3 is 57.8 Å². The van der Waals surface area contributed by atoms with Crippen molar-refractivity contribution in [3.63, 3.8) is 0 Å². The Balaban J connectivity index is 0.579. The van der Waals surface area contributed by atoms with Gasteiger partial charge >= 0.3 is 18.0 Å². The number of nitrogens with zero attached hydrogens (tertiary/aromatic N) is 18. The van der Waals surface area contributed by atoms with Crippen molar-refractivity contribution in [1.82, 2.24) is 63.7 Å². The van der Waals surface area contributed by atoms with Gasteiger partial charge in [-0.15, -0.1) is 0 Å². The standard InChI is InChI=1S/C97H110N18O10S/c1-9-87(116)113-58-97(59-113)26-31-110(32-27-97)91-78-55-120-84(75-41-65(37-62-20-14-17-60(4)89(62)75)68-40-73(109(8)49-68)54-125-96-103-83-45-86(77-47-100-46-64-19-12-13-23-74(64)77)122-57-80(83)92(105-96)111-33-35-114(88(117)10-2)69(50-111)24-28-98)43-81(78)101-94(104-91)124-53-72-39-67(48-108(72)7)66-38-63-21-15-18-61(5)90(63)76(42-66)85-44-82-79(56-121-85)93(106-95(102-82)123-52-71-22-16-30-107(71)6)112-34-36-115(126(118,119)11-3)70(51-112)25-29-99/h9-15,17-21,23,37-38,41-42,46-47,67-73,84-86H,1-3,16,22,24-27,30-36,39-40,43-45,48-59H2,4-8H3/t67?,68?,69-,70-,71-,72-,73-,84?,85?,86?/m0/s1. The minimum Gasteiger partial charge on any atom is -0.462 e. The van der Waals surface area contributed by atoms with Crippen molar-refractivity contribution >= 4 is 71.6 Å². The molecule has 4 aromatic heterocycles. The number of rotatable bonds is 23. The first-order chi connectivity index (χ1) is 61.2. The lowest BCUT2D eigenvalue weighted by atomic mass is 9.72. The third kappa shape index (κ3) is 16.5. The number of amides is 2. The molecule has 1 spiro atoms. The predicted octanol–water partition coefficient (Wildman–Crippen LogP) is 11.8. The van der Waals surface area contributed by atoms with E-state index >= 15 is 0 Å². The number of piperidine rings is 1. The summed E-state index contributed by atoms with van der Waals surface area (Å²) in [5.74, 6) is 2.24. The van der Waals surface area contributed by atoms with E-state index in [2.05, 4.69) is 174 Å². The fourth-order valence-electron chi connectivity index (χ4n) is 21.8. The summed E-state index contributed by atoms with van der Waals surface area (Å²) in [6.07, 6.45) is 12.6. The number of hydrogen-bond donors (Lipinski definition) is 0. The number of piperazine rings is 2. The van der Waals surface area contributed by atoms with Crippen molar-refractivity contribution in [2.24, 2.45) is 5.41 Å². The van der Waals surface area contributed by atoms with Crippen molar-refractivity contribution in [1.29, 1.82) is 10.5 Å². The summed E-state index contributed by atoms with van der Waals surface area (Å²) >= 11 is 0. The Morgan fingerprint density at radius 3 is 1.54 bits per heavy atom. The highest BCUT2D eigenvalue weighted by molar-refractivity contribution is 7.92. The molecule has 5 aromatic carbocycles. The Morgan fingerprint density at radius 2 is 1.02 bits per heavy atom. The maximum atomic E-state index is 13.3. The van der Waals surface area contributed by atoms with Crippen LogP contribution < -0.4 is 28.9 Å². The second kappa shape index (κ2) is 35.3. The second-order valence-corrected chi connectivity index (χ2v) is 38.3. The molecule has 0 aliphatic carbocycles. The summed E-state index contributed by atoms with van der Waals surface area (Å²) in [5.41, 5.74) is 13.2. The molecule has 10 atom stereocenters. The molecular weight excluding hydrogens is 1610 g/mol. The van der Waals surface area contributed by atoms with Gasteiger partial charge in [-0.1, -0.05) is 105 Å². The number of pyridine rings is 1. The quantitative estimate of drug-likeness (QED) is 0.0538. The Bertz CT molecular complexity index is 5960. The predicted molar refractivity (Wildman–Crippen MR) is 479 cm³/mol. The van der Waals surface area contributed by atoms with Gasteiger partial charge in [-0.05, 0) is 164 Å². The molecule has 0 N–H and O–H groups in total. The summed E-state index contributed by atoms with van der Waals surface area (Å²) in [6, 6.07) is 35.4. The summed E-state index contributed by atoms with van der Waals surface area (Å²) in [4.78, 5) is 79.4. The van der Waals surface area contributed by atoms with E-state index < -0.39 is 16.1 Å². The fourth-order valence-corrected chi connectivity index (χ4v) is 22.8. The molecule has 0 bridgehead atoms. The van der Waals surface area contributed by atoms with Crippen LogP contribution in [0.2, 0.25) is 0 Å². The number of likely N-dealkylation sites (N-methyl/N-ethyl adjacent to an activating group) is 3. The zero-order valence-corrected chi connectivity index (χ0v) is 73.4. The van der Waals surface area contributed by atoms with Crippen molar-refractivity contribution in [2.75, 3.05) is 141 Å². The number of aryl methyl sites for hydroxylation is 2. The molecule has 7 saturated heterocycles. The van der Waals surface area contributed by atoms with Crippen molar-refractivity contribution in [3.8, 4) is 30.2 Å². The Kier molecular flexibility index (Phi) is 23.6. The molecule has 9 aromatic rings. The first-order valence-corrected chi connectivity index (χ1v) is 46.1. The van der Waals surface area contributed by atoms with E-state index in [1.807, 2.05) is 29.4 Å². The molecule has 654 valence electrons. The maximum Gasteiger partial charge on any atom is 0.318 e. The number of carbonyl (C=O) groups is 2. The van der Waals surface area contributed by atoms with Crippen molar-refractivity contribution in [2.45, 2.75) is 165 Å². The average Bonchev–Trinajstić information content (AvgIpc) is 1.70. The first-order valence-electron chi connectivity index (χ1n) is 44.6. The minimum atomic E-state index is -3.80. The number of anilines is 3. The number of likely N-dealkylation sites (tertiary alicyclic amines) is 4. The van der Waals surface area contributed by atoms with Gasteiger partial charge in [0, 0.05) is 167 Å². The molecule has 29 heteroatoms. The van der Waals surface area contributed by atoms with E-state index in [4.69, 9.17) is 58.3 Å². The molecule has 7 fully saturated rings. The lowest BCUT2D eigenvalue weighted by Crippen LogP contribution is -2.61. The highest BCUT2D eigenvalue weighted by Crippen LogP contribution is 2.48. The van der Waals surface area contributed by atoms with Crippen LogP contribution >= 0.6 is 0 Å². The Morgan fingerprint density at radius 1 is 0.532 bits per heavy atom. The van der Waals surface area contributed by atoms with Gasteiger partial charge in [-0.2, -0.15) is 44.7 Å². The van der Waals surface area contributed by atoms with E-state index in [1.54, 1.807) is 4.90 Å². The van der Waals surface area contributed by atoms with Gasteiger partial charge in [0.2, 0.25) is 21.8 Å². The van der Waals surface area contributed by atoms with E-state index in [9.17, 15) is 28.5 Å². The van der Waals surface area contributed by atoms with E-state index in [0.29, 0.717) is 89.5 Å². The summed E-state index contributed by atoms with van der Waals surface area (Å²) in [6.45, 7) is 25.0. The van der Waals surface area contributed by atoms with Gasteiger partial charge in [0.15, 0.2) is 0 Å². The third-order valence-electron chi connectivity index (χ3n) is 28.8. The van der Waals surface area contributed by atoms with Crippen LogP contribution in [0.5, 0.6) is 18.0 Å². The zero-order valence-electron chi connectivity index (χ0n) is 72.6. The van der Waals surface area contributed by atoms with Crippen LogP contribution in [-0.4, -0.2) is 240 Å². The van der Waals surface area contributed by atoms with Gasteiger partial charge in [-0.3, -0.25) is 24.4 Å². The number of hydrogen-bond acceptors (Lipinski definition) is 25. The van der Waals surface area contributed by atoms with Gasteiger partial charge in [0.25, 0.3) is 0 Å². The molecular formula is C97H110N18O10S. The molecule has 10 aliphatic rings. The van der Waals surface area contributed by atoms with Crippen LogP contribution in [0, 0.1) is 41.9 Å². The topological polar surface area (TPSA) is 291 Å². The highest BCUT2D eigenvalue weighted by atomic mass is 32.2. The van der Waals surface area contributed by atoms with Crippen LogP contribution in [-0.2, 0) is 72.9 Å². The largest absolute Gasteiger partial charge is 0.462 e. The van der Waals surface area contributed by atoms with Gasteiger partial charge in [0.05, 0.1) is 92.3 Å². The zero-order chi connectivity index (χ0) is 86.8. The van der Waals surface area contributed by atoms with Gasteiger partial charge in [0.1, 0.15) is 37.3 Å². The SMILES string of the molecule is C=CC(=O)N1CC2(CCN(c3nc(OC[C@@H]4CC(c5cc(C6Cc7nc(OC[C@@H]8CCCN8C)nc(N8CCN(S(=O)(=O)C=C)[C@@H](CC#N)C8)c7CO6)c6c(C)cccc6c5)CN4C)nc4c3COC(c3cc(C5C[C@@H](COc6nc7c(c(N8CCN(C(=O)C=C)[C@@H](CC#N)C8)n6)COC(c6cncc8ccccc68)C7)N(C)C5)cc5cccc(C)c35)C4)CC2)C1. The normalized spacial score (nSPS) is 24.7. The Labute approximate surface area is 736 Å². The highest BCUT2D eigenvalue weighted by Gasteiger charge is 2.48. The number of sulfonamides is 1. The van der Waals surface area contributed by atoms with Crippen LogP contribution in [0.4, 0.5) is 17.5 Å². The molecule has 0 radical (unpaired) electrons. The van der Waals surface area contributed by atoms with E-state index in [1.165, 1.54) is 33.0 Å². The monoisotopic (exact) mass is 1720 g/mol. The second-order valence-electron chi connectivity index (χ2n) is 36.4. The molecule has 126 heavy (non-hydrogen) atoms. The van der Waals surface area contributed by atoms with Crippen LogP contribution in [0.3, 0.4) is 0 Å². The number of aromatic nitrogens is 7. The summed E-state index contributed by atoms with van der Waals surface area (Å²) < 4.78 is 69.4. The van der Waals surface area contributed by atoms with Gasteiger partial charge in [-0.25, -0.2) is 8.42 Å². The first kappa shape index (κ1) is 84.4. The third-order valence-corrected chi connectivity index (χ3v) is 30.4. The summed E-state index contributed by atoms with van der Waals surface area (Å²) in [5, 5.41) is 27.6. The number of ether oxygens (including phenoxy) is 6. The maximum absolute atomic E-state index is 13.3. The van der Waals surface area contributed by atoms with Crippen LogP contribution in [0.1, 0.15) is 154 Å². The van der Waals surface area contributed by atoms with Crippen molar-refractivity contribution in [3.05, 3.63) is 207 Å².